The Hall–Kier alpha value is -1.96. The van der Waals surface area contributed by atoms with Crippen molar-refractivity contribution in [3.8, 4) is 11.5 Å². The molecule has 0 atom stereocenters. The summed E-state index contributed by atoms with van der Waals surface area (Å²) >= 11 is 0. The third-order valence-corrected chi connectivity index (χ3v) is 4.98. The number of benzene rings is 2. The molecule has 0 aliphatic rings. The molecule has 0 aromatic heterocycles. The van der Waals surface area contributed by atoms with Crippen LogP contribution in [0.15, 0.2) is 42.5 Å². The van der Waals surface area contributed by atoms with Crippen molar-refractivity contribution < 1.29 is 10.2 Å². The minimum atomic E-state index is -0.393. The second kappa shape index (κ2) is 6.40. The van der Waals surface area contributed by atoms with E-state index in [1.807, 2.05) is 30.3 Å². The molecule has 0 bridgehead atoms. The predicted octanol–water partition coefficient (Wildman–Crippen LogP) is 6.14. The van der Waals surface area contributed by atoms with Gasteiger partial charge in [0.2, 0.25) is 0 Å². The van der Waals surface area contributed by atoms with Crippen LogP contribution in [0.5, 0.6) is 11.5 Å². The smallest absolute Gasteiger partial charge is 0.120 e. The summed E-state index contributed by atoms with van der Waals surface area (Å²) in [5.74, 6) is 0.495. The molecule has 0 aliphatic carbocycles. The molecule has 0 saturated heterocycles. The summed E-state index contributed by atoms with van der Waals surface area (Å²) in [6.07, 6.45) is 0.911. The molecule has 0 saturated carbocycles. The first-order valence-electron chi connectivity index (χ1n) is 8.97. The first-order valence-corrected chi connectivity index (χ1v) is 8.97. The van der Waals surface area contributed by atoms with Crippen LogP contribution in [0.3, 0.4) is 0 Å². The van der Waals surface area contributed by atoms with E-state index in [1.165, 1.54) is 0 Å². The second-order valence-electron chi connectivity index (χ2n) is 9.50. The molecule has 2 heteroatoms. The van der Waals surface area contributed by atoms with Crippen LogP contribution in [0.25, 0.3) is 0 Å². The fraction of sp³-hybridized carbons (Fsp3) is 0.478. The number of phenolic OH excluding ortho intramolecular Hbond substituents is 2. The molecule has 2 N–H and O–H groups in total. The zero-order chi connectivity index (χ0) is 19.0. The lowest BCUT2D eigenvalue weighted by molar-refractivity contribution is 0.277. The molecule has 2 rings (SSSR count). The highest BCUT2D eigenvalue weighted by Gasteiger charge is 2.33. The molecule has 0 aliphatic heterocycles. The minimum absolute atomic E-state index is 0.132. The average molecular weight is 341 g/mol. The van der Waals surface area contributed by atoms with Crippen molar-refractivity contribution in [2.75, 3.05) is 0 Å². The Balaban J connectivity index is 2.51. The van der Waals surface area contributed by atoms with Crippen LogP contribution in [0.1, 0.15) is 71.6 Å². The molecule has 25 heavy (non-hydrogen) atoms. The Bertz CT molecular complexity index is 735. The van der Waals surface area contributed by atoms with Gasteiger partial charge in [-0.3, -0.25) is 0 Å². The lowest BCUT2D eigenvalue weighted by Gasteiger charge is -2.34. The Labute approximate surface area is 152 Å². The number of aromatic hydroxyl groups is 2. The summed E-state index contributed by atoms with van der Waals surface area (Å²) in [7, 11) is 0. The van der Waals surface area contributed by atoms with Gasteiger partial charge in [0.15, 0.2) is 0 Å². The van der Waals surface area contributed by atoms with Gasteiger partial charge in [-0.25, -0.2) is 0 Å². The van der Waals surface area contributed by atoms with Crippen molar-refractivity contribution in [3.63, 3.8) is 0 Å². The van der Waals surface area contributed by atoms with E-state index in [0.29, 0.717) is 0 Å². The number of phenols is 2. The highest BCUT2D eigenvalue weighted by Crippen LogP contribution is 2.45. The normalized spacial score (nSPS) is 13.1. The molecule has 0 heterocycles. The number of rotatable bonds is 4. The zero-order valence-corrected chi connectivity index (χ0v) is 16.6. The van der Waals surface area contributed by atoms with Gasteiger partial charge in [0.05, 0.1) is 0 Å². The van der Waals surface area contributed by atoms with Gasteiger partial charge in [0.1, 0.15) is 11.5 Å². The molecule has 2 nitrogen and oxygen atoms in total. The molecule has 0 fully saturated rings. The molecule has 0 radical (unpaired) electrons. The highest BCUT2D eigenvalue weighted by atomic mass is 16.3. The van der Waals surface area contributed by atoms with E-state index < -0.39 is 5.41 Å². The van der Waals surface area contributed by atoms with Crippen LogP contribution in [0.2, 0.25) is 0 Å². The van der Waals surface area contributed by atoms with Crippen molar-refractivity contribution in [1.29, 1.82) is 0 Å². The third kappa shape index (κ3) is 4.18. The van der Waals surface area contributed by atoms with E-state index in [-0.39, 0.29) is 22.3 Å². The quantitative estimate of drug-likeness (QED) is 0.656. The first-order chi connectivity index (χ1) is 11.3. The largest absolute Gasteiger partial charge is 0.508 e. The van der Waals surface area contributed by atoms with E-state index >= 15 is 0 Å². The Morgan fingerprint density at radius 3 is 1.72 bits per heavy atom. The number of hydrogen-bond acceptors (Lipinski definition) is 2. The fourth-order valence-electron chi connectivity index (χ4n) is 4.05. The van der Waals surface area contributed by atoms with Gasteiger partial charge in [0.25, 0.3) is 0 Å². The van der Waals surface area contributed by atoms with Crippen LogP contribution >= 0.6 is 0 Å². The van der Waals surface area contributed by atoms with Crippen LogP contribution in [0, 0.1) is 5.41 Å². The summed E-state index contributed by atoms with van der Waals surface area (Å²) in [4.78, 5) is 0. The van der Waals surface area contributed by atoms with Gasteiger partial charge in [-0.1, -0.05) is 78.8 Å². The standard InChI is InChI=1S/C23H32O2/c1-21(2,3)15-22(4,5)17-13-20(25)18(14-19(17)24)23(6,7)16-11-9-8-10-12-16/h8-14,24-25H,15H2,1-7H3. The summed E-state index contributed by atoms with van der Waals surface area (Å²) in [5, 5.41) is 21.5. The summed E-state index contributed by atoms with van der Waals surface area (Å²) in [6, 6.07) is 13.6. The van der Waals surface area contributed by atoms with E-state index in [1.54, 1.807) is 12.1 Å². The van der Waals surface area contributed by atoms with Gasteiger partial charge in [-0.05, 0) is 34.9 Å². The van der Waals surface area contributed by atoms with E-state index in [0.717, 1.165) is 23.1 Å². The molecule has 2 aromatic carbocycles. The van der Waals surface area contributed by atoms with Crippen LogP contribution in [0.4, 0.5) is 0 Å². The van der Waals surface area contributed by atoms with Crippen molar-refractivity contribution in [2.24, 2.45) is 5.41 Å². The Morgan fingerprint density at radius 1 is 0.720 bits per heavy atom. The van der Waals surface area contributed by atoms with Gasteiger partial charge in [0, 0.05) is 16.5 Å². The first kappa shape index (κ1) is 19.4. The molecule has 0 spiro atoms. The van der Waals surface area contributed by atoms with Gasteiger partial charge in [-0.15, -0.1) is 0 Å². The molecular weight excluding hydrogens is 308 g/mol. The Kier molecular flexibility index (Phi) is 4.96. The van der Waals surface area contributed by atoms with Crippen molar-refractivity contribution >= 4 is 0 Å². The molecule has 136 valence electrons. The lowest BCUT2D eigenvalue weighted by atomic mass is 9.70. The van der Waals surface area contributed by atoms with Crippen LogP contribution < -0.4 is 0 Å². The van der Waals surface area contributed by atoms with Crippen LogP contribution in [-0.2, 0) is 10.8 Å². The maximum atomic E-state index is 10.8. The van der Waals surface area contributed by atoms with E-state index in [9.17, 15) is 10.2 Å². The van der Waals surface area contributed by atoms with Crippen molar-refractivity contribution in [1.82, 2.24) is 0 Å². The maximum Gasteiger partial charge on any atom is 0.120 e. The summed E-state index contributed by atoms with van der Waals surface area (Å²) < 4.78 is 0. The molecular formula is C23H32O2. The minimum Gasteiger partial charge on any atom is -0.508 e. The average Bonchev–Trinajstić information content (AvgIpc) is 2.47. The fourth-order valence-corrected chi connectivity index (χ4v) is 4.05. The maximum absolute atomic E-state index is 10.8. The zero-order valence-electron chi connectivity index (χ0n) is 16.6. The number of hydrogen-bond donors (Lipinski definition) is 2. The topological polar surface area (TPSA) is 40.5 Å². The van der Waals surface area contributed by atoms with Crippen LogP contribution in [-0.4, -0.2) is 10.2 Å². The van der Waals surface area contributed by atoms with Gasteiger partial charge >= 0.3 is 0 Å². The summed E-state index contributed by atoms with van der Waals surface area (Å²) in [6.45, 7) is 15.0. The Morgan fingerprint density at radius 2 is 1.20 bits per heavy atom. The van der Waals surface area contributed by atoms with Crippen molar-refractivity contribution in [2.45, 2.75) is 65.7 Å². The highest BCUT2D eigenvalue weighted by molar-refractivity contribution is 5.53. The van der Waals surface area contributed by atoms with Gasteiger partial charge < -0.3 is 10.2 Å². The predicted molar refractivity (Wildman–Crippen MR) is 105 cm³/mol. The molecule has 0 unspecified atom stereocenters. The van der Waals surface area contributed by atoms with Crippen molar-refractivity contribution in [3.05, 3.63) is 59.2 Å². The summed E-state index contributed by atoms with van der Waals surface area (Å²) in [5.41, 5.74) is 2.16. The SMILES string of the molecule is CC(C)(C)CC(C)(C)c1cc(O)c(C(C)(C)c2ccccc2)cc1O. The monoisotopic (exact) mass is 340 g/mol. The molecule has 0 amide bonds. The second-order valence-corrected chi connectivity index (χ2v) is 9.50. The van der Waals surface area contributed by atoms with E-state index in [4.69, 9.17) is 0 Å². The third-order valence-electron chi connectivity index (χ3n) is 4.98. The molecule has 2 aromatic rings. The van der Waals surface area contributed by atoms with Gasteiger partial charge in [-0.2, -0.15) is 0 Å². The lowest BCUT2D eigenvalue weighted by Crippen LogP contribution is -2.25. The van der Waals surface area contributed by atoms with E-state index in [2.05, 4.69) is 48.5 Å².